The molecule has 182 valence electrons. The number of carbonyl (C=O) groups excluding carboxylic acids is 1. The Morgan fingerprint density at radius 2 is 1.94 bits per heavy atom. The van der Waals surface area contributed by atoms with Gasteiger partial charge < -0.3 is 29.3 Å². The summed E-state index contributed by atoms with van der Waals surface area (Å²) >= 11 is 0. The van der Waals surface area contributed by atoms with Gasteiger partial charge in [-0.3, -0.25) is 9.79 Å². The largest absolute Gasteiger partial charge is 0.493 e. The van der Waals surface area contributed by atoms with Crippen LogP contribution < -0.4 is 14.8 Å². The van der Waals surface area contributed by atoms with Crippen molar-refractivity contribution < 1.29 is 19.0 Å². The lowest BCUT2D eigenvalue weighted by atomic mass is 9.99. The van der Waals surface area contributed by atoms with Crippen LogP contribution in [0.25, 0.3) is 0 Å². The van der Waals surface area contributed by atoms with Crippen LogP contribution in [0.3, 0.4) is 0 Å². The van der Waals surface area contributed by atoms with E-state index in [-0.39, 0.29) is 41.8 Å². The number of methoxy groups -OCH3 is 2. The Labute approximate surface area is 209 Å². The summed E-state index contributed by atoms with van der Waals surface area (Å²) in [4.78, 5) is 20.8. The van der Waals surface area contributed by atoms with Crippen molar-refractivity contribution in [3.05, 3.63) is 23.8 Å². The van der Waals surface area contributed by atoms with Gasteiger partial charge in [-0.25, -0.2) is 0 Å². The number of aliphatic imine (C=N–C) groups is 1. The summed E-state index contributed by atoms with van der Waals surface area (Å²) in [6, 6.07) is 5.96. The predicted molar refractivity (Wildman–Crippen MR) is 138 cm³/mol. The van der Waals surface area contributed by atoms with Crippen molar-refractivity contribution in [3.63, 3.8) is 0 Å². The SMILES string of the molecule is CCN(CC)CCOc1ccc(CNC(=NC)N2CC(C)C(C(=O)OC)C2)cc1OC.I. The monoisotopic (exact) mass is 562 g/mol. The lowest BCUT2D eigenvalue weighted by Crippen LogP contribution is -2.40. The first-order chi connectivity index (χ1) is 15.0. The maximum atomic E-state index is 12.0. The number of likely N-dealkylation sites (N-methyl/N-ethyl adjacent to an activating group) is 1. The fourth-order valence-corrected chi connectivity index (χ4v) is 3.88. The van der Waals surface area contributed by atoms with E-state index in [1.54, 1.807) is 14.2 Å². The second-order valence-corrected chi connectivity index (χ2v) is 7.77. The van der Waals surface area contributed by atoms with Crippen molar-refractivity contribution >= 4 is 35.9 Å². The Hall–Kier alpha value is -1.75. The highest BCUT2D eigenvalue weighted by Crippen LogP contribution is 2.28. The second kappa shape index (κ2) is 14.4. The quantitative estimate of drug-likeness (QED) is 0.204. The van der Waals surface area contributed by atoms with Gasteiger partial charge in [0.1, 0.15) is 6.61 Å². The van der Waals surface area contributed by atoms with E-state index in [1.807, 2.05) is 18.2 Å². The minimum absolute atomic E-state index is 0. The van der Waals surface area contributed by atoms with E-state index in [0.29, 0.717) is 19.7 Å². The molecule has 1 saturated heterocycles. The number of hydrogen-bond acceptors (Lipinski definition) is 6. The predicted octanol–water partition coefficient (Wildman–Crippen LogP) is 2.85. The van der Waals surface area contributed by atoms with Crippen LogP contribution in [-0.2, 0) is 16.1 Å². The topological polar surface area (TPSA) is 75.6 Å². The molecule has 2 unspecified atom stereocenters. The number of nitrogens with one attached hydrogen (secondary N) is 1. The highest BCUT2D eigenvalue weighted by molar-refractivity contribution is 14.0. The van der Waals surface area contributed by atoms with Crippen LogP contribution in [0.2, 0.25) is 0 Å². The van der Waals surface area contributed by atoms with Gasteiger partial charge in [0.15, 0.2) is 17.5 Å². The normalized spacial score (nSPS) is 18.3. The van der Waals surface area contributed by atoms with E-state index >= 15 is 0 Å². The minimum atomic E-state index is -0.160. The molecule has 0 bridgehead atoms. The molecule has 2 atom stereocenters. The van der Waals surface area contributed by atoms with E-state index in [0.717, 1.165) is 49.2 Å². The average Bonchev–Trinajstić information content (AvgIpc) is 3.18. The van der Waals surface area contributed by atoms with Crippen molar-refractivity contribution in [1.82, 2.24) is 15.1 Å². The molecule has 1 aliphatic rings. The molecule has 0 saturated carbocycles. The lowest BCUT2D eigenvalue weighted by Gasteiger charge is -2.22. The minimum Gasteiger partial charge on any atom is -0.493 e. The first-order valence-corrected chi connectivity index (χ1v) is 11.0. The van der Waals surface area contributed by atoms with Crippen molar-refractivity contribution in [1.29, 1.82) is 0 Å². The Balaban J connectivity index is 0.00000512. The molecule has 0 aromatic heterocycles. The third-order valence-electron chi connectivity index (χ3n) is 5.87. The molecule has 0 radical (unpaired) electrons. The van der Waals surface area contributed by atoms with E-state index in [2.05, 4.69) is 40.9 Å². The van der Waals surface area contributed by atoms with Gasteiger partial charge in [-0.05, 0) is 36.7 Å². The number of rotatable bonds is 10. The molecule has 8 nitrogen and oxygen atoms in total. The highest BCUT2D eigenvalue weighted by Gasteiger charge is 2.36. The standard InChI is InChI=1S/C23H38N4O4.HI/c1-7-26(8-2)11-12-31-20-10-9-18(13-21(20)29-5)14-25-23(24-4)27-15-17(3)19(16-27)22(28)30-6;/h9-10,13,17,19H,7-8,11-12,14-16H2,1-6H3,(H,24,25);1H. The molecule has 1 aromatic rings. The van der Waals surface area contributed by atoms with Gasteiger partial charge in [-0.1, -0.05) is 26.8 Å². The number of ether oxygens (including phenoxy) is 3. The van der Waals surface area contributed by atoms with Crippen LogP contribution in [-0.4, -0.2) is 82.3 Å². The van der Waals surface area contributed by atoms with Crippen molar-refractivity contribution in [3.8, 4) is 11.5 Å². The van der Waals surface area contributed by atoms with Crippen LogP contribution in [0.5, 0.6) is 11.5 Å². The molecule has 1 fully saturated rings. The number of hydrogen-bond donors (Lipinski definition) is 1. The third kappa shape index (κ3) is 7.68. The number of carbonyl (C=O) groups is 1. The number of halogens is 1. The summed E-state index contributed by atoms with van der Waals surface area (Å²) in [5.41, 5.74) is 1.06. The Kier molecular flexibility index (Phi) is 12.7. The zero-order valence-electron chi connectivity index (χ0n) is 20.2. The number of nitrogens with zero attached hydrogens (tertiary/aromatic N) is 3. The highest BCUT2D eigenvalue weighted by atomic mass is 127. The van der Waals surface area contributed by atoms with Crippen LogP contribution in [0.1, 0.15) is 26.3 Å². The number of guanidine groups is 1. The summed E-state index contributed by atoms with van der Waals surface area (Å²) in [6.07, 6.45) is 0. The Morgan fingerprint density at radius 1 is 1.22 bits per heavy atom. The van der Waals surface area contributed by atoms with Crippen LogP contribution in [0, 0.1) is 11.8 Å². The molecule has 0 amide bonds. The fourth-order valence-electron chi connectivity index (χ4n) is 3.88. The second-order valence-electron chi connectivity index (χ2n) is 7.77. The first-order valence-electron chi connectivity index (χ1n) is 11.0. The number of likely N-dealkylation sites (tertiary alicyclic amines) is 1. The van der Waals surface area contributed by atoms with E-state index in [4.69, 9.17) is 14.2 Å². The first kappa shape index (κ1) is 28.3. The Morgan fingerprint density at radius 3 is 2.53 bits per heavy atom. The molecule has 0 aliphatic carbocycles. The van der Waals surface area contributed by atoms with E-state index in [1.165, 1.54) is 7.11 Å². The zero-order valence-corrected chi connectivity index (χ0v) is 22.5. The maximum absolute atomic E-state index is 12.0. The van der Waals surface area contributed by atoms with Gasteiger partial charge >= 0.3 is 5.97 Å². The fraction of sp³-hybridized carbons (Fsp3) is 0.652. The van der Waals surface area contributed by atoms with Crippen molar-refractivity contribution in [2.75, 3.05) is 60.6 Å². The molecular weight excluding hydrogens is 523 g/mol. The molecule has 9 heteroatoms. The third-order valence-corrected chi connectivity index (χ3v) is 5.87. The summed E-state index contributed by atoms with van der Waals surface area (Å²) in [6.45, 7) is 11.9. The smallest absolute Gasteiger partial charge is 0.310 e. The Bertz CT molecular complexity index is 743. The molecule has 1 aliphatic heterocycles. The van der Waals surface area contributed by atoms with Gasteiger partial charge in [0.2, 0.25) is 0 Å². The van der Waals surface area contributed by atoms with Gasteiger partial charge in [-0.2, -0.15) is 0 Å². The van der Waals surface area contributed by atoms with E-state index < -0.39 is 0 Å². The summed E-state index contributed by atoms with van der Waals surface area (Å²) in [5.74, 6) is 2.17. The van der Waals surface area contributed by atoms with Gasteiger partial charge in [-0.15, -0.1) is 24.0 Å². The zero-order chi connectivity index (χ0) is 22.8. The maximum Gasteiger partial charge on any atom is 0.310 e. The van der Waals surface area contributed by atoms with Gasteiger partial charge in [0, 0.05) is 33.2 Å². The summed E-state index contributed by atoms with van der Waals surface area (Å²) in [5, 5.41) is 3.39. The number of benzene rings is 1. The molecule has 2 rings (SSSR count). The molecule has 1 heterocycles. The van der Waals surface area contributed by atoms with Crippen LogP contribution in [0.4, 0.5) is 0 Å². The van der Waals surface area contributed by atoms with E-state index in [9.17, 15) is 4.79 Å². The average molecular weight is 562 g/mol. The molecular formula is C23H39IN4O4. The molecule has 1 N–H and O–H groups in total. The molecule has 0 spiro atoms. The van der Waals surface area contributed by atoms with Crippen LogP contribution >= 0.6 is 24.0 Å². The lowest BCUT2D eigenvalue weighted by molar-refractivity contribution is -0.145. The van der Waals surface area contributed by atoms with Gasteiger partial charge in [0.05, 0.1) is 20.1 Å². The molecule has 1 aromatic carbocycles. The number of esters is 1. The van der Waals surface area contributed by atoms with Gasteiger partial charge in [0.25, 0.3) is 0 Å². The van der Waals surface area contributed by atoms with Crippen molar-refractivity contribution in [2.24, 2.45) is 16.8 Å². The summed E-state index contributed by atoms with van der Waals surface area (Å²) < 4.78 is 16.4. The molecule has 32 heavy (non-hydrogen) atoms. The van der Waals surface area contributed by atoms with Crippen LogP contribution in [0.15, 0.2) is 23.2 Å². The van der Waals surface area contributed by atoms with Crippen molar-refractivity contribution in [2.45, 2.75) is 27.3 Å². The summed E-state index contributed by atoms with van der Waals surface area (Å²) in [7, 11) is 4.85.